The molecule has 0 aliphatic heterocycles. The van der Waals surface area contributed by atoms with Crippen LogP contribution in [0.15, 0.2) is 24.3 Å². The molecule has 1 nitrogen and oxygen atoms in total. The zero-order valence-electron chi connectivity index (χ0n) is 10.7. The molecule has 1 rings (SSSR count). The minimum atomic E-state index is -1.12. The monoisotopic (exact) mass is 239 g/mol. The summed E-state index contributed by atoms with van der Waals surface area (Å²) in [6.45, 7) is 7.99. The molecule has 1 N–H and O–H groups in total. The second kappa shape index (κ2) is 5.59. The first-order valence-electron chi connectivity index (χ1n) is 5.82. The summed E-state index contributed by atoms with van der Waals surface area (Å²) in [5.74, 6) is 0.307. The predicted molar refractivity (Wildman–Crippen MR) is 71.2 cm³/mol. The fourth-order valence-corrected chi connectivity index (χ4v) is 3.91. The highest BCUT2D eigenvalue weighted by Crippen LogP contribution is 2.26. The SMILES string of the molecule is CNCC(C[Si](C)(C)C)c1cccc(F)c1. The lowest BCUT2D eigenvalue weighted by Crippen LogP contribution is -2.28. The third-order valence-electron chi connectivity index (χ3n) is 2.63. The average Bonchev–Trinajstić information content (AvgIpc) is 2.15. The first-order valence-corrected chi connectivity index (χ1v) is 9.53. The molecular formula is C13H22FNSi. The first-order chi connectivity index (χ1) is 7.42. The van der Waals surface area contributed by atoms with E-state index in [0.717, 1.165) is 12.1 Å². The summed E-state index contributed by atoms with van der Waals surface area (Å²) >= 11 is 0. The van der Waals surface area contributed by atoms with Gasteiger partial charge in [0.05, 0.1) is 0 Å². The Balaban J connectivity index is 2.85. The molecule has 0 aliphatic carbocycles. The molecule has 0 bridgehead atoms. The van der Waals surface area contributed by atoms with Crippen LogP contribution in [0, 0.1) is 5.82 Å². The quantitative estimate of drug-likeness (QED) is 0.776. The van der Waals surface area contributed by atoms with Gasteiger partial charge < -0.3 is 5.32 Å². The lowest BCUT2D eigenvalue weighted by molar-refractivity contribution is 0.615. The Morgan fingerprint density at radius 3 is 2.50 bits per heavy atom. The fourth-order valence-electron chi connectivity index (χ4n) is 2.05. The van der Waals surface area contributed by atoms with Crippen molar-refractivity contribution in [1.82, 2.24) is 5.32 Å². The van der Waals surface area contributed by atoms with Gasteiger partial charge in [0, 0.05) is 14.6 Å². The molecule has 0 fully saturated rings. The maximum Gasteiger partial charge on any atom is 0.123 e. The van der Waals surface area contributed by atoms with Gasteiger partial charge in [-0.05, 0) is 36.7 Å². The molecule has 0 spiro atoms. The maximum atomic E-state index is 13.2. The summed E-state index contributed by atoms with van der Waals surface area (Å²) < 4.78 is 13.2. The summed E-state index contributed by atoms with van der Waals surface area (Å²) in [5, 5.41) is 3.21. The molecule has 1 atom stereocenters. The van der Waals surface area contributed by atoms with E-state index in [2.05, 4.69) is 25.0 Å². The molecule has 0 aromatic heterocycles. The van der Waals surface area contributed by atoms with Gasteiger partial charge in [0.15, 0.2) is 0 Å². The van der Waals surface area contributed by atoms with Crippen molar-refractivity contribution in [2.75, 3.05) is 13.6 Å². The second-order valence-electron chi connectivity index (χ2n) is 5.57. The van der Waals surface area contributed by atoms with E-state index in [-0.39, 0.29) is 5.82 Å². The molecular weight excluding hydrogens is 217 g/mol. The van der Waals surface area contributed by atoms with Crippen LogP contribution in [-0.4, -0.2) is 21.7 Å². The standard InChI is InChI=1S/C13H22FNSi/c1-15-9-12(10-16(2,3)4)11-6-5-7-13(14)8-11/h5-8,12,15H,9-10H2,1-4H3. The van der Waals surface area contributed by atoms with Crippen molar-refractivity contribution in [3.05, 3.63) is 35.6 Å². The zero-order chi connectivity index (χ0) is 12.2. The van der Waals surface area contributed by atoms with Crippen LogP contribution in [0.1, 0.15) is 11.5 Å². The molecule has 0 aliphatic rings. The number of likely N-dealkylation sites (N-methyl/N-ethyl adjacent to an activating group) is 1. The predicted octanol–water partition coefficient (Wildman–Crippen LogP) is 3.47. The molecule has 1 aromatic rings. The van der Waals surface area contributed by atoms with E-state index < -0.39 is 8.07 Å². The zero-order valence-corrected chi connectivity index (χ0v) is 11.7. The van der Waals surface area contributed by atoms with Crippen LogP contribution in [0.5, 0.6) is 0 Å². The molecule has 1 aromatic carbocycles. The summed E-state index contributed by atoms with van der Waals surface area (Å²) in [4.78, 5) is 0. The molecule has 90 valence electrons. The van der Waals surface area contributed by atoms with Gasteiger partial charge in [-0.25, -0.2) is 4.39 Å². The van der Waals surface area contributed by atoms with Crippen molar-refractivity contribution in [1.29, 1.82) is 0 Å². The lowest BCUT2D eigenvalue weighted by atomic mass is 10.0. The number of benzene rings is 1. The van der Waals surface area contributed by atoms with Crippen LogP contribution in [0.3, 0.4) is 0 Å². The Morgan fingerprint density at radius 1 is 1.31 bits per heavy atom. The molecule has 0 saturated heterocycles. The molecule has 0 heterocycles. The van der Waals surface area contributed by atoms with Gasteiger partial charge in [-0.2, -0.15) is 0 Å². The maximum absolute atomic E-state index is 13.2. The number of nitrogens with one attached hydrogen (secondary N) is 1. The van der Waals surface area contributed by atoms with Gasteiger partial charge in [-0.15, -0.1) is 0 Å². The first kappa shape index (κ1) is 13.4. The lowest BCUT2D eigenvalue weighted by Gasteiger charge is -2.24. The van der Waals surface area contributed by atoms with E-state index in [1.165, 1.54) is 12.1 Å². The minimum absolute atomic E-state index is 0.130. The number of hydrogen-bond donors (Lipinski definition) is 1. The Kier molecular flexibility index (Phi) is 4.68. The summed E-state index contributed by atoms with van der Waals surface area (Å²) in [6.07, 6.45) is 0. The highest BCUT2D eigenvalue weighted by Gasteiger charge is 2.21. The van der Waals surface area contributed by atoms with Gasteiger partial charge >= 0.3 is 0 Å². The normalized spacial score (nSPS) is 13.8. The van der Waals surface area contributed by atoms with E-state index in [1.807, 2.05) is 13.1 Å². The topological polar surface area (TPSA) is 12.0 Å². The van der Waals surface area contributed by atoms with Crippen LogP contribution in [-0.2, 0) is 0 Å². The molecule has 1 unspecified atom stereocenters. The van der Waals surface area contributed by atoms with Gasteiger partial charge in [0.1, 0.15) is 5.82 Å². The second-order valence-corrected chi connectivity index (χ2v) is 11.1. The molecule has 3 heteroatoms. The van der Waals surface area contributed by atoms with E-state index in [0.29, 0.717) is 5.92 Å². The Labute approximate surface area is 99.1 Å². The van der Waals surface area contributed by atoms with Gasteiger partial charge in [0.25, 0.3) is 0 Å². The van der Waals surface area contributed by atoms with Crippen LogP contribution in [0.4, 0.5) is 4.39 Å². The fraction of sp³-hybridized carbons (Fsp3) is 0.538. The Morgan fingerprint density at radius 2 is 2.00 bits per heavy atom. The Bertz CT molecular complexity index is 333. The van der Waals surface area contributed by atoms with Crippen molar-refractivity contribution in [2.24, 2.45) is 0 Å². The third-order valence-corrected chi connectivity index (χ3v) is 4.35. The van der Waals surface area contributed by atoms with Crippen molar-refractivity contribution < 1.29 is 4.39 Å². The minimum Gasteiger partial charge on any atom is -0.319 e. The van der Waals surface area contributed by atoms with E-state index in [4.69, 9.17) is 0 Å². The molecule has 0 amide bonds. The van der Waals surface area contributed by atoms with Crippen molar-refractivity contribution in [3.8, 4) is 0 Å². The van der Waals surface area contributed by atoms with Crippen molar-refractivity contribution in [3.63, 3.8) is 0 Å². The van der Waals surface area contributed by atoms with Crippen molar-refractivity contribution in [2.45, 2.75) is 31.6 Å². The van der Waals surface area contributed by atoms with Gasteiger partial charge in [-0.1, -0.05) is 31.8 Å². The van der Waals surface area contributed by atoms with E-state index in [9.17, 15) is 4.39 Å². The van der Waals surface area contributed by atoms with E-state index in [1.54, 1.807) is 12.1 Å². The smallest absolute Gasteiger partial charge is 0.123 e. The number of hydrogen-bond acceptors (Lipinski definition) is 1. The molecule has 0 radical (unpaired) electrons. The Hall–Kier alpha value is -0.673. The van der Waals surface area contributed by atoms with Gasteiger partial charge in [-0.3, -0.25) is 0 Å². The highest BCUT2D eigenvalue weighted by atomic mass is 28.3. The van der Waals surface area contributed by atoms with Gasteiger partial charge in [0.2, 0.25) is 0 Å². The van der Waals surface area contributed by atoms with Crippen molar-refractivity contribution >= 4 is 8.07 Å². The average molecular weight is 239 g/mol. The highest BCUT2D eigenvalue weighted by molar-refractivity contribution is 6.76. The number of halogens is 1. The van der Waals surface area contributed by atoms with Crippen LogP contribution in [0.2, 0.25) is 25.7 Å². The van der Waals surface area contributed by atoms with Crippen LogP contribution in [0.25, 0.3) is 0 Å². The summed E-state index contributed by atoms with van der Waals surface area (Å²) in [5.41, 5.74) is 1.12. The summed E-state index contributed by atoms with van der Waals surface area (Å²) in [7, 11) is 0.835. The van der Waals surface area contributed by atoms with Crippen LogP contribution >= 0.6 is 0 Å². The molecule has 16 heavy (non-hydrogen) atoms. The molecule has 0 saturated carbocycles. The van der Waals surface area contributed by atoms with Crippen LogP contribution < -0.4 is 5.32 Å². The third kappa shape index (κ3) is 4.45. The summed E-state index contributed by atoms with van der Waals surface area (Å²) in [6, 6.07) is 8.21. The largest absolute Gasteiger partial charge is 0.319 e. The van der Waals surface area contributed by atoms with E-state index >= 15 is 0 Å². The number of rotatable bonds is 5.